The molecule has 2 aromatic heterocycles. The lowest BCUT2D eigenvalue weighted by Gasteiger charge is -2.37. The first kappa shape index (κ1) is 22.4. The summed E-state index contributed by atoms with van der Waals surface area (Å²) in [5.41, 5.74) is 1.54. The maximum atomic E-state index is 14.2. The van der Waals surface area contributed by atoms with Crippen molar-refractivity contribution in [2.45, 2.75) is 18.9 Å². The summed E-state index contributed by atoms with van der Waals surface area (Å²) in [7, 11) is 4.02. The van der Waals surface area contributed by atoms with E-state index < -0.39 is 5.82 Å². The number of ether oxygens (including phenoxy) is 1. The third-order valence-electron chi connectivity index (χ3n) is 5.67. The summed E-state index contributed by atoms with van der Waals surface area (Å²) >= 11 is 9.39. The molecule has 1 saturated heterocycles. The number of aromatic nitrogens is 4. The van der Waals surface area contributed by atoms with E-state index in [4.69, 9.17) is 16.3 Å². The first-order valence-corrected chi connectivity index (χ1v) is 11.4. The molecular formula is C21H25BrClFN6O. The highest BCUT2D eigenvalue weighted by Gasteiger charge is 2.30. The summed E-state index contributed by atoms with van der Waals surface area (Å²) in [6, 6.07) is 4.98. The minimum absolute atomic E-state index is 0.129. The Morgan fingerprint density at radius 3 is 2.81 bits per heavy atom. The average molecular weight is 512 g/mol. The van der Waals surface area contributed by atoms with Gasteiger partial charge in [0.1, 0.15) is 22.6 Å². The monoisotopic (exact) mass is 510 g/mol. The Hall–Kier alpha value is -1.81. The number of anilines is 1. The number of piperidine rings is 1. The van der Waals surface area contributed by atoms with Crippen LogP contribution in [0, 0.1) is 11.7 Å². The van der Waals surface area contributed by atoms with Crippen LogP contribution in [0.3, 0.4) is 0 Å². The van der Waals surface area contributed by atoms with Crippen molar-refractivity contribution in [3.05, 3.63) is 45.5 Å². The number of hydrogen-bond donors (Lipinski definition) is 1. The van der Waals surface area contributed by atoms with E-state index >= 15 is 0 Å². The molecule has 3 aromatic rings. The van der Waals surface area contributed by atoms with Gasteiger partial charge in [-0.25, -0.2) is 14.4 Å². The highest BCUT2D eigenvalue weighted by molar-refractivity contribution is 9.10. The number of benzene rings is 1. The number of H-pyrrole nitrogens is 1. The van der Waals surface area contributed by atoms with Crippen LogP contribution >= 0.6 is 27.5 Å². The van der Waals surface area contributed by atoms with E-state index in [1.807, 2.05) is 20.2 Å². The number of likely N-dealkylation sites (N-methyl/N-ethyl adjacent to an activating group) is 1. The second-order valence-electron chi connectivity index (χ2n) is 8.03. The molecule has 1 aromatic carbocycles. The van der Waals surface area contributed by atoms with Crippen molar-refractivity contribution >= 4 is 44.4 Å². The number of rotatable bonds is 7. The molecule has 31 heavy (non-hydrogen) atoms. The molecule has 166 valence electrons. The van der Waals surface area contributed by atoms with Gasteiger partial charge in [-0.15, -0.1) is 0 Å². The Morgan fingerprint density at radius 1 is 1.32 bits per heavy atom. The topological polar surface area (TPSA) is 70.2 Å². The molecule has 0 unspecified atom stereocenters. The number of nitrogens with zero attached hydrogens (tertiary/aromatic N) is 5. The summed E-state index contributed by atoms with van der Waals surface area (Å²) in [5, 5.41) is 8.12. The smallest absolute Gasteiger partial charge is 0.161 e. The van der Waals surface area contributed by atoms with Crippen LogP contribution in [0.4, 0.5) is 10.2 Å². The van der Waals surface area contributed by atoms with Crippen LogP contribution in [0.5, 0.6) is 0 Å². The number of nitrogens with one attached hydrogen (secondary N) is 1. The van der Waals surface area contributed by atoms with E-state index in [-0.39, 0.29) is 17.0 Å². The Labute approximate surface area is 194 Å². The van der Waals surface area contributed by atoms with Gasteiger partial charge in [-0.1, -0.05) is 17.7 Å². The predicted octanol–water partition coefficient (Wildman–Crippen LogP) is 4.44. The molecule has 1 aliphatic heterocycles. The summed E-state index contributed by atoms with van der Waals surface area (Å²) in [5.74, 6) is 0.724. The van der Waals surface area contributed by atoms with Crippen molar-refractivity contribution in [2.75, 3.05) is 45.2 Å². The van der Waals surface area contributed by atoms with Gasteiger partial charge in [-0.2, -0.15) is 5.10 Å². The van der Waals surface area contributed by atoms with Gasteiger partial charge in [0.25, 0.3) is 0 Å². The zero-order chi connectivity index (χ0) is 22.0. The molecule has 1 atom stereocenters. The van der Waals surface area contributed by atoms with Gasteiger partial charge < -0.3 is 14.5 Å². The minimum atomic E-state index is -0.411. The molecule has 7 nitrogen and oxygen atoms in total. The van der Waals surface area contributed by atoms with E-state index in [9.17, 15) is 4.39 Å². The standard InChI is InChI=1S/C21H25BrClFN6O/c1-29(2)9-10-31-18(14-3-4-15(23)16(24)11-14)13-5-7-30(8-6-13)21-17-19(22)27-28-20(17)25-12-26-21/h3-4,11-13,18H,5-10H2,1-2H3,(H,25,26,27,28)/t18-/m1/s1. The Bertz CT molecular complexity index is 1040. The number of fused-ring (bicyclic) bond motifs is 1. The highest BCUT2D eigenvalue weighted by atomic mass is 79.9. The molecule has 0 radical (unpaired) electrons. The Morgan fingerprint density at radius 2 is 2.10 bits per heavy atom. The van der Waals surface area contributed by atoms with Crippen LogP contribution in [0.15, 0.2) is 29.1 Å². The SMILES string of the molecule is CN(C)CCO[C@@H](c1ccc(Cl)c(F)c1)C1CCN(c2ncnc3[nH]nc(Br)c23)CC1. The molecule has 0 bridgehead atoms. The lowest BCUT2D eigenvalue weighted by molar-refractivity contribution is -0.00321. The average Bonchev–Trinajstić information content (AvgIpc) is 3.15. The minimum Gasteiger partial charge on any atom is -0.372 e. The van der Waals surface area contributed by atoms with Gasteiger partial charge in [-0.05, 0) is 66.5 Å². The zero-order valence-corrected chi connectivity index (χ0v) is 19.8. The van der Waals surface area contributed by atoms with Crippen molar-refractivity contribution in [1.29, 1.82) is 0 Å². The highest BCUT2D eigenvalue weighted by Crippen LogP contribution is 2.37. The summed E-state index contributed by atoms with van der Waals surface area (Å²) < 4.78 is 21.1. The van der Waals surface area contributed by atoms with Crippen LogP contribution < -0.4 is 4.90 Å². The molecule has 0 amide bonds. The third kappa shape index (κ3) is 5.00. The fraction of sp³-hybridized carbons (Fsp3) is 0.476. The largest absolute Gasteiger partial charge is 0.372 e. The third-order valence-corrected chi connectivity index (χ3v) is 6.55. The van der Waals surface area contributed by atoms with E-state index in [0.717, 1.165) is 49.2 Å². The van der Waals surface area contributed by atoms with Crippen LogP contribution in [0.1, 0.15) is 24.5 Å². The Kier molecular flexibility index (Phi) is 7.05. The second-order valence-corrected chi connectivity index (χ2v) is 9.19. The molecule has 3 heterocycles. The van der Waals surface area contributed by atoms with Crippen LogP contribution in [-0.4, -0.2) is 65.4 Å². The first-order valence-electron chi connectivity index (χ1n) is 10.2. The molecule has 0 saturated carbocycles. The quantitative estimate of drug-likeness (QED) is 0.506. The summed E-state index contributed by atoms with van der Waals surface area (Å²) in [6.07, 6.45) is 3.17. The van der Waals surface area contributed by atoms with Crippen molar-refractivity contribution in [2.24, 2.45) is 5.92 Å². The van der Waals surface area contributed by atoms with Crippen molar-refractivity contribution in [3.8, 4) is 0 Å². The fourth-order valence-corrected chi connectivity index (χ4v) is 4.59. The predicted molar refractivity (Wildman–Crippen MR) is 123 cm³/mol. The molecule has 0 spiro atoms. The molecule has 1 fully saturated rings. The van der Waals surface area contributed by atoms with Crippen LogP contribution in [-0.2, 0) is 4.74 Å². The molecule has 0 aliphatic carbocycles. The van der Waals surface area contributed by atoms with Gasteiger partial charge in [0.05, 0.1) is 23.1 Å². The zero-order valence-electron chi connectivity index (χ0n) is 17.5. The lowest BCUT2D eigenvalue weighted by Crippen LogP contribution is -2.37. The lowest BCUT2D eigenvalue weighted by atomic mass is 9.87. The molecular weight excluding hydrogens is 487 g/mol. The maximum absolute atomic E-state index is 14.2. The van der Waals surface area contributed by atoms with Crippen molar-refractivity contribution in [3.63, 3.8) is 0 Å². The van der Waals surface area contributed by atoms with Crippen LogP contribution in [0.25, 0.3) is 11.0 Å². The van der Waals surface area contributed by atoms with Gasteiger partial charge in [0.2, 0.25) is 0 Å². The van der Waals surface area contributed by atoms with Gasteiger partial charge in [0, 0.05) is 19.6 Å². The molecule has 1 N–H and O–H groups in total. The molecule has 4 rings (SSSR count). The van der Waals surface area contributed by atoms with Crippen molar-refractivity contribution in [1.82, 2.24) is 25.1 Å². The number of halogens is 3. The first-order chi connectivity index (χ1) is 14.9. The van der Waals surface area contributed by atoms with Gasteiger partial charge in [0.15, 0.2) is 5.65 Å². The summed E-state index contributed by atoms with van der Waals surface area (Å²) in [4.78, 5) is 13.1. The van der Waals surface area contributed by atoms with E-state index in [1.54, 1.807) is 12.4 Å². The Balaban J connectivity index is 1.51. The second kappa shape index (κ2) is 9.77. The molecule has 1 aliphatic rings. The van der Waals surface area contributed by atoms with Crippen LogP contribution in [0.2, 0.25) is 5.02 Å². The van der Waals surface area contributed by atoms with Crippen molar-refractivity contribution < 1.29 is 9.13 Å². The van der Waals surface area contributed by atoms with E-state index in [0.29, 0.717) is 16.9 Å². The van der Waals surface area contributed by atoms with E-state index in [2.05, 4.69) is 45.9 Å². The normalized spacial score (nSPS) is 16.4. The summed E-state index contributed by atoms with van der Waals surface area (Å²) in [6.45, 7) is 3.02. The molecule has 10 heteroatoms. The van der Waals surface area contributed by atoms with Gasteiger partial charge in [-0.3, -0.25) is 5.10 Å². The fourth-order valence-electron chi connectivity index (χ4n) is 4.02. The maximum Gasteiger partial charge on any atom is 0.161 e. The number of aromatic amines is 1. The number of hydrogen-bond acceptors (Lipinski definition) is 6. The van der Waals surface area contributed by atoms with Gasteiger partial charge >= 0.3 is 0 Å². The van der Waals surface area contributed by atoms with E-state index in [1.165, 1.54) is 6.07 Å².